The Labute approximate surface area is 162 Å². The number of rotatable bonds is 4. The zero-order chi connectivity index (χ0) is 25.1. The van der Waals surface area contributed by atoms with Crippen LogP contribution in [0.25, 0.3) is 5.69 Å². The lowest BCUT2D eigenvalue weighted by molar-refractivity contribution is 0.415. The van der Waals surface area contributed by atoms with Gasteiger partial charge in [0.1, 0.15) is 12.1 Å². The molecule has 0 spiro atoms. The van der Waals surface area contributed by atoms with Gasteiger partial charge in [0, 0.05) is 37.4 Å². The topological polar surface area (TPSA) is 66.4 Å². The molecule has 0 bridgehead atoms. The molecule has 1 N–H and O–H groups in total. The smallest absolute Gasteiger partial charge is 0.347 e. The van der Waals surface area contributed by atoms with Crippen molar-refractivity contribution in [1.29, 1.82) is 0 Å². The van der Waals surface area contributed by atoms with E-state index in [4.69, 9.17) is 15.7 Å². The zero-order valence-corrected chi connectivity index (χ0v) is 13.8. The third-order valence-electron chi connectivity index (χ3n) is 3.82. The average molecular weight is 359 g/mol. The second kappa shape index (κ2) is 6.95. The quantitative estimate of drug-likeness (QED) is 0.771. The summed E-state index contributed by atoms with van der Waals surface area (Å²) in [5, 5.41) is 5.86. The molecule has 2 aromatic carbocycles. The van der Waals surface area contributed by atoms with Gasteiger partial charge in [0.25, 0.3) is 0 Å². The lowest BCUT2D eigenvalue weighted by atomic mass is 10.2. The molecular weight excluding hydrogens is 330 g/mol. The predicted molar refractivity (Wildman–Crippen MR) is 102 cm³/mol. The summed E-state index contributed by atoms with van der Waals surface area (Å²) in [5.41, 5.74) is -0.332. The van der Waals surface area contributed by atoms with Crippen LogP contribution in [-0.4, -0.2) is 47.9 Å². The highest BCUT2D eigenvalue weighted by molar-refractivity contribution is 5.54. The van der Waals surface area contributed by atoms with Crippen LogP contribution in [0.4, 0.5) is 11.4 Å². The fourth-order valence-electron chi connectivity index (χ4n) is 2.44. The monoisotopic (exact) mass is 359 g/mol. The Kier molecular flexibility index (Phi) is 2.53. The van der Waals surface area contributed by atoms with Gasteiger partial charge in [0.05, 0.1) is 23.8 Å². The molecule has 1 aliphatic heterocycles. The molecule has 1 fully saturated rings. The fourth-order valence-corrected chi connectivity index (χ4v) is 2.44. The number of methoxy groups -OCH3 is 1. The van der Waals surface area contributed by atoms with Gasteiger partial charge in [-0.15, -0.1) is 0 Å². The number of ether oxygens (including phenoxy) is 1. The molecule has 0 unspecified atom stereocenters. The summed E-state index contributed by atoms with van der Waals surface area (Å²) in [5.74, 6) is 0.423. The predicted octanol–water partition coefficient (Wildman–Crippen LogP) is 1.90. The van der Waals surface area contributed by atoms with Crippen molar-refractivity contribution >= 4 is 11.4 Å². The molecule has 1 saturated heterocycles. The number of nitrogens with one attached hydrogen (secondary N) is 1. The van der Waals surface area contributed by atoms with E-state index < -0.39 is 31.7 Å². The molecular formula is C19H21N5O2. The first-order valence-electron chi connectivity index (χ1n) is 11.7. The summed E-state index contributed by atoms with van der Waals surface area (Å²) in [6.07, 6.45) is 1.24. The van der Waals surface area contributed by atoms with E-state index in [0.29, 0.717) is 21.2 Å². The Morgan fingerprint density at radius 3 is 1.88 bits per heavy atom. The summed E-state index contributed by atoms with van der Waals surface area (Å²) in [6, 6.07) is 11.0. The van der Waals surface area contributed by atoms with Gasteiger partial charge < -0.3 is 14.5 Å². The third-order valence-corrected chi connectivity index (χ3v) is 3.82. The second-order valence-corrected chi connectivity index (χ2v) is 5.36. The van der Waals surface area contributed by atoms with Crippen molar-refractivity contribution in [3.8, 4) is 11.4 Å². The maximum absolute atomic E-state index is 11.8. The van der Waals surface area contributed by atoms with Crippen molar-refractivity contribution in [3.05, 3.63) is 65.3 Å². The molecule has 1 aliphatic rings. The number of aromatic amines is 1. The van der Waals surface area contributed by atoms with E-state index >= 15 is 0 Å². The molecule has 134 valence electrons. The summed E-state index contributed by atoms with van der Waals surface area (Å²) >= 11 is 0. The molecule has 0 aliphatic carbocycles. The number of aromatic nitrogens is 3. The largest absolute Gasteiger partial charge is 0.497 e. The van der Waals surface area contributed by atoms with Gasteiger partial charge in [-0.2, -0.15) is 5.10 Å². The molecule has 26 heavy (non-hydrogen) atoms. The first-order chi connectivity index (χ1) is 15.8. The van der Waals surface area contributed by atoms with Crippen molar-refractivity contribution in [3.63, 3.8) is 0 Å². The number of benzene rings is 2. The molecule has 2 heterocycles. The Bertz CT molecular complexity index is 1210. The van der Waals surface area contributed by atoms with Gasteiger partial charge in [-0.25, -0.2) is 14.5 Å². The molecule has 0 atom stereocenters. The minimum atomic E-state index is -3.03. The van der Waals surface area contributed by atoms with E-state index in [1.807, 2.05) is 0 Å². The van der Waals surface area contributed by atoms with Crippen LogP contribution in [0, 0.1) is 0 Å². The van der Waals surface area contributed by atoms with Crippen molar-refractivity contribution in [2.24, 2.45) is 0 Å². The van der Waals surface area contributed by atoms with E-state index in [9.17, 15) is 4.79 Å². The molecule has 7 heteroatoms. The molecule has 4 rings (SSSR count). The van der Waals surface area contributed by atoms with Crippen molar-refractivity contribution in [1.82, 2.24) is 14.8 Å². The van der Waals surface area contributed by atoms with Crippen LogP contribution in [0.15, 0.2) is 59.7 Å². The standard InChI is InChI=1S/C19H21N5O2/c1-26-18-8-6-16(7-9-18)23-12-10-22(11-13-23)15-2-4-17(5-3-15)24-14-20-21-19(24)25/h2-9,14H,10-13H2,1H3,(H,21,25)/i10D2,11D2,12D2,13D2. The summed E-state index contributed by atoms with van der Waals surface area (Å²) in [7, 11) is 1.43. The third kappa shape index (κ3) is 3.15. The Morgan fingerprint density at radius 2 is 1.42 bits per heavy atom. The lowest BCUT2D eigenvalue weighted by Gasteiger charge is -2.37. The van der Waals surface area contributed by atoms with Crippen LogP contribution >= 0.6 is 0 Å². The van der Waals surface area contributed by atoms with Crippen LogP contribution in [0.5, 0.6) is 5.75 Å². The number of nitrogens with zero attached hydrogens (tertiary/aromatic N) is 4. The van der Waals surface area contributed by atoms with E-state index in [1.54, 1.807) is 0 Å². The maximum atomic E-state index is 11.8. The van der Waals surface area contributed by atoms with E-state index in [-0.39, 0.29) is 11.4 Å². The van der Waals surface area contributed by atoms with Gasteiger partial charge in [-0.3, -0.25) is 0 Å². The van der Waals surface area contributed by atoms with E-state index in [1.165, 1.54) is 66.5 Å². The van der Waals surface area contributed by atoms with Crippen molar-refractivity contribution in [2.75, 3.05) is 42.9 Å². The molecule has 0 amide bonds. The zero-order valence-electron chi connectivity index (χ0n) is 21.8. The number of hydrogen-bond donors (Lipinski definition) is 1. The molecule has 7 nitrogen and oxygen atoms in total. The summed E-state index contributed by atoms with van der Waals surface area (Å²) in [6.45, 7) is -12.1. The van der Waals surface area contributed by atoms with Gasteiger partial charge in [-0.05, 0) is 48.5 Å². The number of H-pyrrole nitrogens is 1. The SMILES string of the molecule is [2H]C1([2H])N(c2ccc(OC)cc2)C([2H])([2H])C([2H])([2H])N(c2ccc(-n3cn[nH]c3=O)cc2)C1([2H])[2H]. The number of piperazine rings is 1. The van der Waals surface area contributed by atoms with Crippen molar-refractivity contribution < 1.29 is 15.7 Å². The average Bonchev–Trinajstić information content (AvgIpc) is 3.19. The summed E-state index contributed by atoms with van der Waals surface area (Å²) < 4.78 is 75.1. The molecule has 3 aromatic rings. The highest BCUT2D eigenvalue weighted by atomic mass is 16.5. The van der Waals surface area contributed by atoms with Crippen LogP contribution in [0.2, 0.25) is 0 Å². The van der Waals surface area contributed by atoms with Crippen molar-refractivity contribution in [2.45, 2.75) is 0 Å². The van der Waals surface area contributed by atoms with Gasteiger partial charge in [-0.1, -0.05) is 0 Å². The molecule has 1 aromatic heterocycles. The fraction of sp³-hybridized carbons (Fsp3) is 0.263. The highest BCUT2D eigenvalue weighted by Gasteiger charge is 2.17. The minimum absolute atomic E-state index is 0.0575. The molecule has 0 saturated carbocycles. The highest BCUT2D eigenvalue weighted by Crippen LogP contribution is 2.23. The maximum Gasteiger partial charge on any atom is 0.347 e. The van der Waals surface area contributed by atoms with Crippen LogP contribution < -0.4 is 20.2 Å². The Hall–Kier alpha value is -3.22. The van der Waals surface area contributed by atoms with E-state index in [2.05, 4.69) is 10.2 Å². The van der Waals surface area contributed by atoms with E-state index in [0.717, 1.165) is 0 Å². The number of anilines is 2. The number of hydrogen-bond acceptors (Lipinski definition) is 5. The van der Waals surface area contributed by atoms with Gasteiger partial charge in [0.2, 0.25) is 0 Å². The molecule has 0 radical (unpaired) electrons. The van der Waals surface area contributed by atoms with Crippen LogP contribution in [0.3, 0.4) is 0 Å². The Morgan fingerprint density at radius 1 is 0.923 bits per heavy atom. The second-order valence-electron chi connectivity index (χ2n) is 5.36. The van der Waals surface area contributed by atoms with Gasteiger partial charge >= 0.3 is 5.69 Å². The first kappa shape index (κ1) is 9.47. The lowest BCUT2D eigenvalue weighted by Crippen LogP contribution is -2.46. The normalized spacial score (nSPS) is 26.8. The minimum Gasteiger partial charge on any atom is -0.497 e. The first-order valence-corrected chi connectivity index (χ1v) is 7.74. The van der Waals surface area contributed by atoms with Gasteiger partial charge in [0.15, 0.2) is 0 Å². The van der Waals surface area contributed by atoms with Crippen LogP contribution in [0.1, 0.15) is 11.0 Å². The Balaban J connectivity index is 1.83. The summed E-state index contributed by atoms with van der Waals surface area (Å²) in [4.78, 5) is 12.7. The van der Waals surface area contributed by atoms with Crippen LogP contribution in [-0.2, 0) is 0 Å².